The van der Waals surface area contributed by atoms with E-state index < -0.39 is 11.9 Å². The summed E-state index contributed by atoms with van der Waals surface area (Å²) in [5, 5.41) is 20.1. The summed E-state index contributed by atoms with van der Waals surface area (Å²) in [6, 6.07) is 5.69. The molecule has 10 heteroatoms. The van der Waals surface area contributed by atoms with E-state index in [1.165, 1.54) is 12.8 Å². The molecule has 3 rings (SSSR count). The Labute approximate surface area is 191 Å². The summed E-state index contributed by atoms with van der Waals surface area (Å²) in [4.78, 5) is 36.4. The van der Waals surface area contributed by atoms with E-state index in [4.69, 9.17) is 33.4 Å². The molecule has 2 heterocycles. The lowest BCUT2D eigenvalue weighted by Gasteiger charge is -2.38. The lowest BCUT2D eigenvalue weighted by atomic mass is 10.1. The molecule has 8 nitrogen and oxygen atoms in total. The standard InChI is InChI=1S/C17H23Cl2N3O.C4H4O4/c18-15-4-3-13(9-16(15)19)10-17(23)22-8-5-20-11-14(22)12-21-6-1-2-7-21;5-3(6)1-2-4(7)8/h3-4,9,14,20H,1-2,5-8,10-12H2;1-2H,(H,5,6)(H,7,8)/b;2-1-. The van der Waals surface area contributed by atoms with Crippen molar-refractivity contribution >= 4 is 41.0 Å². The second-order valence-electron chi connectivity index (χ2n) is 7.39. The molecule has 3 N–H and O–H groups in total. The van der Waals surface area contributed by atoms with E-state index in [9.17, 15) is 14.4 Å². The zero-order valence-corrected chi connectivity index (χ0v) is 18.6. The van der Waals surface area contributed by atoms with Crippen molar-refractivity contribution in [1.29, 1.82) is 0 Å². The van der Waals surface area contributed by atoms with Crippen molar-refractivity contribution < 1.29 is 24.6 Å². The summed E-state index contributed by atoms with van der Waals surface area (Å²) in [5.74, 6) is -2.34. The number of carbonyl (C=O) groups is 3. The number of carbonyl (C=O) groups excluding carboxylic acids is 1. The Morgan fingerprint density at radius 3 is 2.26 bits per heavy atom. The second kappa shape index (κ2) is 12.7. The number of hydrogen-bond acceptors (Lipinski definition) is 5. The molecule has 2 saturated heterocycles. The molecular weight excluding hydrogens is 445 g/mol. The van der Waals surface area contributed by atoms with E-state index in [0.717, 1.165) is 44.8 Å². The first-order valence-corrected chi connectivity index (χ1v) is 10.8. The van der Waals surface area contributed by atoms with Gasteiger partial charge in [0, 0.05) is 38.3 Å². The van der Waals surface area contributed by atoms with Crippen LogP contribution in [0.15, 0.2) is 30.4 Å². The molecule has 1 aromatic rings. The SMILES string of the molecule is O=C(Cc1ccc(Cl)c(Cl)c1)N1CCNCC1CN1CCCC1.O=C(O)/C=C\C(=O)O. The van der Waals surface area contributed by atoms with Gasteiger partial charge in [-0.05, 0) is 43.6 Å². The van der Waals surface area contributed by atoms with Crippen LogP contribution in [-0.2, 0) is 20.8 Å². The highest BCUT2D eigenvalue weighted by Crippen LogP contribution is 2.23. The Morgan fingerprint density at radius 1 is 1.03 bits per heavy atom. The summed E-state index contributed by atoms with van der Waals surface area (Å²) in [5.41, 5.74) is 0.919. The summed E-state index contributed by atoms with van der Waals surface area (Å²) in [6.45, 7) is 5.81. The third-order valence-corrected chi connectivity index (χ3v) is 5.79. The van der Waals surface area contributed by atoms with Crippen LogP contribution in [0.3, 0.4) is 0 Å². The van der Waals surface area contributed by atoms with Gasteiger partial charge in [0.1, 0.15) is 0 Å². The number of carboxylic acids is 2. The fourth-order valence-electron chi connectivity index (χ4n) is 3.58. The Morgan fingerprint density at radius 2 is 1.68 bits per heavy atom. The molecule has 31 heavy (non-hydrogen) atoms. The first-order chi connectivity index (χ1) is 14.8. The molecular formula is C21H27Cl2N3O5. The van der Waals surface area contributed by atoms with Crippen LogP contribution in [0.25, 0.3) is 0 Å². The van der Waals surface area contributed by atoms with Crippen LogP contribution in [0.4, 0.5) is 0 Å². The van der Waals surface area contributed by atoms with Crippen molar-refractivity contribution in [3.8, 4) is 0 Å². The Hall–Kier alpha value is -2.13. The first-order valence-electron chi connectivity index (χ1n) is 10.1. The molecule has 0 aliphatic carbocycles. The number of rotatable bonds is 6. The third-order valence-electron chi connectivity index (χ3n) is 5.05. The molecule has 0 spiro atoms. The van der Waals surface area contributed by atoms with Crippen LogP contribution in [0.5, 0.6) is 0 Å². The number of halogens is 2. The van der Waals surface area contributed by atoms with Crippen LogP contribution in [0.2, 0.25) is 10.0 Å². The average Bonchev–Trinajstić information content (AvgIpc) is 3.23. The number of carboxylic acid groups (broad SMARTS) is 2. The Balaban J connectivity index is 0.000000366. The number of benzene rings is 1. The monoisotopic (exact) mass is 471 g/mol. The van der Waals surface area contributed by atoms with E-state index in [0.29, 0.717) is 28.6 Å². The van der Waals surface area contributed by atoms with Gasteiger partial charge in [-0.25, -0.2) is 9.59 Å². The van der Waals surface area contributed by atoms with Gasteiger partial charge < -0.3 is 25.3 Å². The molecule has 0 bridgehead atoms. The highest BCUT2D eigenvalue weighted by Gasteiger charge is 2.28. The molecule has 0 saturated carbocycles. The number of aliphatic carboxylic acids is 2. The maximum absolute atomic E-state index is 12.8. The van der Waals surface area contributed by atoms with Crippen LogP contribution >= 0.6 is 23.2 Å². The van der Waals surface area contributed by atoms with Gasteiger partial charge in [-0.3, -0.25) is 4.79 Å². The number of likely N-dealkylation sites (tertiary alicyclic amines) is 1. The summed E-state index contributed by atoms with van der Waals surface area (Å²) >= 11 is 12.0. The van der Waals surface area contributed by atoms with Gasteiger partial charge >= 0.3 is 11.9 Å². The van der Waals surface area contributed by atoms with E-state index in [2.05, 4.69) is 10.2 Å². The van der Waals surface area contributed by atoms with Crippen molar-refractivity contribution in [3.63, 3.8) is 0 Å². The van der Waals surface area contributed by atoms with Gasteiger partial charge in [0.05, 0.1) is 22.5 Å². The minimum Gasteiger partial charge on any atom is -0.478 e. The zero-order chi connectivity index (χ0) is 22.8. The number of hydrogen-bond donors (Lipinski definition) is 3. The van der Waals surface area contributed by atoms with E-state index in [1.54, 1.807) is 12.1 Å². The van der Waals surface area contributed by atoms with Crippen LogP contribution < -0.4 is 5.32 Å². The van der Waals surface area contributed by atoms with Crippen molar-refractivity contribution in [2.24, 2.45) is 0 Å². The first kappa shape index (κ1) is 25.1. The summed E-state index contributed by atoms with van der Waals surface area (Å²) in [6.07, 6.45) is 4.05. The van der Waals surface area contributed by atoms with Gasteiger partial charge in [-0.15, -0.1) is 0 Å². The van der Waals surface area contributed by atoms with E-state index >= 15 is 0 Å². The predicted octanol–water partition coefficient (Wildman–Crippen LogP) is 2.14. The van der Waals surface area contributed by atoms with Gasteiger partial charge in [0.2, 0.25) is 5.91 Å². The molecule has 170 valence electrons. The second-order valence-corrected chi connectivity index (χ2v) is 8.20. The quantitative estimate of drug-likeness (QED) is 0.545. The summed E-state index contributed by atoms with van der Waals surface area (Å²) < 4.78 is 0. The number of piperazine rings is 1. The van der Waals surface area contributed by atoms with Gasteiger partial charge in [0.15, 0.2) is 0 Å². The third kappa shape index (κ3) is 8.86. The molecule has 1 unspecified atom stereocenters. The minimum absolute atomic E-state index is 0.175. The largest absolute Gasteiger partial charge is 0.478 e. The van der Waals surface area contributed by atoms with Crippen molar-refractivity contribution in [2.75, 3.05) is 39.3 Å². The topological polar surface area (TPSA) is 110 Å². The van der Waals surface area contributed by atoms with Crippen molar-refractivity contribution in [2.45, 2.75) is 25.3 Å². The number of nitrogens with one attached hydrogen (secondary N) is 1. The molecule has 2 aliphatic heterocycles. The molecule has 2 aliphatic rings. The van der Waals surface area contributed by atoms with Crippen molar-refractivity contribution in [3.05, 3.63) is 46.0 Å². The molecule has 2 fully saturated rings. The lowest BCUT2D eigenvalue weighted by Crippen LogP contribution is -2.57. The minimum atomic E-state index is -1.26. The maximum Gasteiger partial charge on any atom is 0.328 e. The molecule has 0 aromatic heterocycles. The molecule has 1 atom stereocenters. The average molecular weight is 472 g/mol. The Kier molecular flexibility index (Phi) is 10.3. The Bertz CT molecular complexity index is 796. The number of nitrogens with zero attached hydrogens (tertiary/aromatic N) is 2. The normalized spacial score (nSPS) is 19.2. The molecule has 1 amide bonds. The fraction of sp³-hybridized carbons (Fsp3) is 0.476. The van der Waals surface area contributed by atoms with Gasteiger partial charge in [-0.1, -0.05) is 29.3 Å². The molecule has 0 radical (unpaired) electrons. The highest BCUT2D eigenvalue weighted by molar-refractivity contribution is 6.42. The van der Waals surface area contributed by atoms with Crippen molar-refractivity contribution in [1.82, 2.24) is 15.1 Å². The van der Waals surface area contributed by atoms with Gasteiger partial charge in [-0.2, -0.15) is 0 Å². The van der Waals surface area contributed by atoms with Crippen LogP contribution in [0, 0.1) is 0 Å². The highest BCUT2D eigenvalue weighted by atomic mass is 35.5. The fourth-order valence-corrected chi connectivity index (χ4v) is 3.90. The maximum atomic E-state index is 12.8. The van der Waals surface area contributed by atoms with E-state index in [1.807, 2.05) is 11.0 Å². The van der Waals surface area contributed by atoms with Crippen LogP contribution in [-0.4, -0.2) is 83.2 Å². The smallest absolute Gasteiger partial charge is 0.328 e. The lowest BCUT2D eigenvalue weighted by molar-refractivity contribution is -0.134. The molecule has 1 aromatic carbocycles. The van der Waals surface area contributed by atoms with Crippen LogP contribution in [0.1, 0.15) is 18.4 Å². The number of amides is 1. The summed E-state index contributed by atoms with van der Waals surface area (Å²) in [7, 11) is 0. The predicted molar refractivity (Wildman–Crippen MR) is 119 cm³/mol. The van der Waals surface area contributed by atoms with Gasteiger partial charge in [0.25, 0.3) is 0 Å². The zero-order valence-electron chi connectivity index (χ0n) is 17.1. The van der Waals surface area contributed by atoms with E-state index in [-0.39, 0.29) is 11.9 Å².